The molecule has 144 valence electrons. The van der Waals surface area contributed by atoms with E-state index in [0.29, 0.717) is 30.7 Å². The van der Waals surface area contributed by atoms with Crippen LogP contribution in [0.15, 0.2) is 24.5 Å². The van der Waals surface area contributed by atoms with E-state index in [9.17, 15) is 9.59 Å². The van der Waals surface area contributed by atoms with Crippen molar-refractivity contribution < 1.29 is 19.1 Å². The molecule has 1 aromatic rings. The zero-order valence-electron chi connectivity index (χ0n) is 15.3. The zero-order valence-corrected chi connectivity index (χ0v) is 15.3. The van der Waals surface area contributed by atoms with Gasteiger partial charge in [0.2, 0.25) is 11.8 Å². The molecule has 4 fully saturated rings. The molecular formula is C20H25N3O4. The van der Waals surface area contributed by atoms with Crippen LogP contribution >= 0.6 is 0 Å². The molecule has 3 saturated heterocycles. The molecule has 0 radical (unpaired) electrons. The fourth-order valence-corrected chi connectivity index (χ4v) is 5.01. The Labute approximate surface area is 158 Å². The number of hydrogen-bond donors (Lipinski definition) is 1. The highest BCUT2D eigenvalue weighted by atomic mass is 16.5. The van der Waals surface area contributed by atoms with Crippen LogP contribution in [0.3, 0.4) is 0 Å². The van der Waals surface area contributed by atoms with Gasteiger partial charge in [0.15, 0.2) is 0 Å². The van der Waals surface area contributed by atoms with E-state index in [1.807, 2.05) is 11.0 Å². The lowest BCUT2D eigenvalue weighted by atomic mass is 9.83. The Kier molecular flexibility index (Phi) is 4.36. The molecule has 1 saturated carbocycles. The molecule has 4 heterocycles. The SMILES string of the molecule is O=C(Nc1cccnc1)[C@@H]1CO[C@@H]2CCN(C(=O)C3[C@H]4COC[C@@H]34)C[C@@H]2C1. The number of likely N-dealkylation sites (tertiary alicyclic amines) is 1. The number of nitrogens with zero attached hydrogens (tertiary/aromatic N) is 2. The van der Waals surface area contributed by atoms with Crippen molar-refractivity contribution >= 4 is 17.5 Å². The summed E-state index contributed by atoms with van der Waals surface area (Å²) in [6, 6.07) is 3.63. The first-order valence-corrected chi connectivity index (χ1v) is 9.89. The van der Waals surface area contributed by atoms with Gasteiger partial charge in [-0.25, -0.2) is 0 Å². The molecule has 27 heavy (non-hydrogen) atoms. The van der Waals surface area contributed by atoms with Gasteiger partial charge in [-0.05, 0) is 36.8 Å². The van der Waals surface area contributed by atoms with Gasteiger partial charge in [0.05, 0.1) is 43.7 Å². The first kappa shape index (κ1) is 17.1. The van der Waals surface area contributed by atoms with Crippen LogP contribution in [0.1, 0.15) is 12.8 Å². The second-order valence-electron chi connectivity index (χ2n) is 8.26. The monoisotopic (exact) mass is 371 g/mol. The van der Waals surface area contributed by atoms with Gasteiger partial charge in [-0.3, -0.25) is 14.6 Å². The third-order valence-electron chi connectivity index (χ3n) is 6.61. The second-order valence-corrected chi connectivity index (χ2v) is 8.26. The maximum atomic E-state index is 12.8. The van der Waals surface area contributed by atoms with E-state index in [1.165, 1.54) is 0 Å². The normalized spacial score (nSPS) is 37.3. The van der Waals surface area contributed by atoms with Crippen molar-refractivity contribution in [2.24, 2.45) is 29.6 Å². The number of pyridine rings is 1. The van der Waals surface area contributed by atoms with Crippen molar-refractivity contribution in [2.45, 2.75) is 18.9 Å². The molecule has 7 nitrogen and oxygen atoms in total. The quantitative estimate of drug-likeness (QED) is 0.863. The second kappa shape index (κ2) is 6.87. The fourth-order valence-electron chi connectivity index (χ4n) is 5.01. The summed E-state index contributed by atoms with van der Waals surface area (Å²) in [5, 5.41) is 2.92. The van der Waals surface area contributed by atoms with Crippen molar-refractivity contribution in [3.63, 3.8) is 0 Å². The minimum atomic E-state index is -0.185. The Morgan fingerprint density at radius 2 is 2.07 bits per heavy atom. The molecule has 3 aliphatic heterocycles. The molecule has 0 aromatic carbocycles. The van der Waals surface area contributed by atoms with Crippen LogP contribution in [-0.4, -0.2) is 60.7 Å². The predicted octanol–water partition coefficient (Wildman–Crippen LogP) is 1.17. The molecule has 4 aliphatic rings. The molecule has 6 atom stereocenters. The lowest BCUT2D eigenvalue weighted by Gasteiger charge is -2.43. The van der Waals surface area contributed by atoms with E-state index in [-0.39, 0.29) is 35.7 Å². The van der Waals surface area contributed by atoms with E-state index >= 15 is 0 Å². The lowest BCUT2D eigenvalue weighted by molar-refractivity contribution is -0.146. The van der Waals surface area contributed by atoms with Crippen molar-refractivity contribution in [1.29, 1.82) is 0 Å². The summed E-state index contributed by atoms with van der Waals surface area (Å²) in [7, 11) is 0. The smallest absolute Gasteiger partial charge is 0.229 e. The van der Waals surface area contributed by atoms with Gasteiger partial charge in [0, 0.05) is 31.1 Å². The van der Waals surface area contributed by atoms with Crippen LogP contribution in [0, 0.1) is 29.6 Å². The topological polar surface area (TPSA) is 80.8 Å². The third-order valence-corrected chi connectivity index (χ3v) is 6.61. The molecule has 1 unspecified atom stereocenters. The highest BCUT2D eigenvalue weighted by Crippen LogP contribution is 2.52. The van der Waals surface area contributed by atoms with Crippen molar-refractivity contribution in [2.75, 3.05) is 38.2 Å². The van der Waals surface area contributed by atoms with Gasteiger partial charge in [-0.2, -0.15) is 0 Å². The van der Waals surface area contributed by atoms with Crippen molar-refractivity contribution in [1.82, 2.24) is 9.88 Å². The van der Waals surface area contributed by atoms with E-state index in [1.54, 1.807) is 18.5 Å². The summed E-state index contributed by atoms with van der Waals surface area (Å²) in [5.41, 5.74) is 0.701. The summed E-state index contributed by atoms with van der Waals surface area (Å²) >= 11 is 0. The maximum Gasteiger partial charge on any atom is 0.229 e. The van der Waals surface area contributed by atoms with Gasteiger partial charge in [-0.1, -0.05) is 0 Å². The zero-order chi connectivity index (χ0) is 18.4. The molecule has 0 bridgehead atoms. The molecular weight excluding hydrogens is 346 g/mol. The van der Waals surface area contributed by atoms with Crippen molar-refractivity contribution in [3.8, 4) is 0 Å². The number of anilines is 1. The van der Waals surface area contributed by atoms with E-state index in [0.717, 1.165) is 32.6 Å². The minimum absolute atomic E-state index is 0.0289. The molecule has 7 heteroatoms. The first-order chi connectivity index (χ1) is 13.2. The molecule has 0 spiro atoms. The third kappa shape index (κ3) is 3.23. The summed E-state index contributed by atoms with van der Waals surface area (Å²) in [5.74, 6) is 1.36. The number of carbonyl (C=O) groups is 2. The highest BCUT2D eigenvalue weighted by Gasteiger charge is 2.59. The lowest BCUT2D eigenvalue weighted by Crippen LogP contribution is -2.52. The number of ether oxygens (including phenoxy) is 2. The van der Waals surface area contributed by atoms with E-state index in [4.69, 9.17) is 9.47 Å². The summed E-state index contributed by atoms with van der Waals surface area (Å²) in [6.45, 7) is 3.40. The number of carbonyl (C=O) groups excluding carboxylic acids is 2. The molecule has 1 aromatic heterocycles. The number of piperidine rings is 1. The Morgan fingerprint density at radius 1 is 1.22 bits per heavy atom. The van der Waals surface area contributed by atoms with Crippen LogP contribution in [0.2, 0.25) is 0 Å². The molecule has 1 aliphatic carbocycles. The predicted molar refractivity (Wildman–Crippen MR) is 96.7 cm³/mol. The summed E-state index contributed by atoms with van der Waals surface area (Å²) < 4.78 is 11.4. The maximum absolute atomic E-state index is 12.8. The van der Waals surface area contributed by atoms with Gasteiger partial charge >= 0.3 is 0 Å². The average Bonchev–Trinajstić information content (AvgIpc) is 3.18. The van der Waals surface area contributed by atoms with Crippen LogP contribution in [0.4, 0.5) is 5.69 Å². The number of fused-ring (bicyclic) bond motifs is 2. The van der Waals surface area contributed by atoms with Crippen LogP contribution in [-0.2, 0) is 19.1 Å². The fraction of sp³-hybridized carbons (Fsp3) is 0.650. The Morgan fingerprint density at radius 3 is 2.85 bits per heavy atom. The highest BCUT2D eigenvalue weighted by molar-refractivity contribution is 5.92. The van der Waals surface area contributed by atoms with E-state index < -0.39 is 0 Å². The van der Waals surface area contributed by atoms with Gasteiger partial charge in [0.25, 0.3) is 0 Å². The molecule has 2 amide bonds. The number of hydrogen-bond acceptors (Lipinski definition) is 5. The van der Waals surface area contributed by atoms with E-state index in [2.05, 4.69) is 10.3 Å². The first-order valence-electron chi connectivity index (χ1n) is 9.89. The molecule has 5 rings (SSSR count). The number of rotatable bonds is 3. The van der Waals surface area contributed by atoms with Crippen molar-refractivity contribution in [3.05, 3.63) is 24.5 Å². The average molecular weight is 371 g/mol. The standard InChI is InChI=1S/C20H25N3O4/c24-19(22-14-2-1-4-21-7-14)13-6-12-8-23(5-3-17(12)27-9-13)20(25)18-15-10-26-11-16(15)18/h1-2,4,7,12-13,15-18H,3,5-6,8-11H2,(H,22,24)/t12-,13-,15-,16+,17+,18?/m0/s1. The number of amides is 2. The summed E-state index contributed by atoms with van der Waals surface area (Å²) in [6.07, 6.45) is 5.12. The number of nitrogens with one attached hydrogen (secondary N) is 1. The Balaban J connectivity index is 1.19. The van der Waals surface area contributed by atoms with Crippen LogP contribution < -0.4 is 5.32 Å². The Bertz CT molecular complexity index is 717. The number of aromatic nitrogens is 1. The Hall–Kier alpha value is -1.99. The molecule has 1 N–H and O–H groups in total. The van der Waals surface area contributed by atoms with Crippen LogP contribution in [0.25, 0.3) is 0 Å². The van der Waals surface area contributed by atoms with Crippen LogP contribution in [0.5, 0.6) is 0 Å². The van der Waals surface area contributed by atoms with Gasteiger partial charge in [0.1, 0.15) is 0 Å². The largest absolute Gasteiger partial charge is 0.381 e. The van der Waals surface area contributed by atoms with Gasteiger partial charge in [-0.15, -0.1) is 0 Å². The minimum Gasteiger partial charge on any atom is -0.381 e. The summed E-state index contributed by atoms with van der Waals surface area (Å²) in [4.78, 5) is 31.5. The van der Waals surface area contributed by atoms with Gasteiger partial charge < -0.3 is 19.7 Å².